The Balaban J connectivity index is 3.06. The van der Waals surface area contributed by atoms with Crippen molar-refractivity contribution in [3.8, 4) is 17.6 Å². The van der Waals surface area contributed by atoms with E-state index in [-0.39, 0.29) is 11.3 Å². The minimum absolute atomic E-state index is 0.0586. The van der Waals surface area contributed by atoms with Crippen LogP contribution in [0.3, 0.4) is 0 Å². The van der Waals surface area contributed by atoms with Gasteiger partial charge in [0.2, 0.25) is 0 Å². The van der Waals surface area contributed by atoms with E-state index < -0.39 is 6.18 Å². The number of hydrogen-bond donors (Lipinski definition) is 1. The second kappa shape index (κ2) is 3.93. The van der Waals surface area contributed by atoms with Crippen LogP contribution >= 0.6 is 15.9 Å². The summed E-state index contributed by atoms with van der Waals surface area (Å²) in [7, 11) is 0. The van der Waals surface area contributed by atoms with Gasteiger partial charge in [0.05, 0.1) is 5.56 Å². The summed E-state index contributed by atoms with van der Waals surface area (Å²) in [6.07, 6.45) is -4.55. The van der Waals surface area contributed by atoms with Crippen LogP contribution in [0.2, 0.25) is 0 Å². The maximum atomic E-state index is 11.7. The van der Waals surface area contributed by atoms with Gasteiger partial charge in [-0.05, 0) is 18.2 Å². The Labute approximate surface area is 86.7 Å². The molecule has 0 unspecified atom stereocenters. The highest BCUT2D eigenvalue weighted by Crippen LogP contribution is 2.21. The van der Waals surface area contributed by atoms with Crippen LogP contribution in [0, 0.1) is 11.8 Å². The zero-order chi connectivity index (χ0) is 10.8. The zero-order valence-electron chi connectivity index (χ0n) is 6.69. The van der Waals surface area contributed by atoms with Crippen molar-refractivity contribution >= 4 is 15.9 Å². The van der Waals surface area contributed by atoms with Crippen LogP contribution in [-0.4, -0.2) is 11.3 Å². The van der Waals surface area contributed by atoms with Gasteiger partial charge in [-0.1, -0.05) is 21.9 Å². The second-order valence-corrected chi connectivity index (χ2v) is 3.32. The van der Waals surface area contributed by atoms with E-state index in [1.165, 1.54) is 18.2 Å². The molecule has 0 atom stereocenters. The lowest BCUT2D eigenvalue weighted by molar-refractivity contribution is -0.0696. The third-order valence-corrected chi connectivity index (χ3v) is 1.79. The van der Waals surface area contributed by atoms with Gasteiger partial charge in [0, 0.05) is 10.4 Å². The van der Waals surface area contributed by atoms with Crippen LogP contribution in [-0.2, 0) is 0 Å². The number of hydrogen-bond acceptors (Lipinski definition) is 1. The minimum Gasteiger partial charge on any atom is -0.507 e. The van der Waals surface area contributed by atoms with Crippen LogP contribution < -0.4 is 0 Å². The second-order valence-electron chi connectivity index (χ2n) is 2.41. The summed E-state index contributed by atoms with van der Waals surface area (Å²) < 4.78 is 35.7. The Kier molecular flexibility index (Phi) is 3.06. The SMILES string of the molecule is Oc1ccc(Br)cc1C#CC(F)(F)F. The molecular formula is C9H4BrF3O. The topological polar surface area (TPSA) is 20.2 Å². The molecule has 1 nitrogen and oxygen atoms in total. The number of rotatable bonds is 0. The Hall–Kier alpha value is -1.15. The van der Waals surface area contributed by atoms with Gasteiger partial charge >= 0.3 is 6.18 Å². The van der Waals surface area contributed by atoms with E-state index in [1.54, 1.807) is 0 Å². The highest BCUT2D eigenvalue weighted by Gasteiger charge is 2.23. The number of benzene rings is 1. The molecular weight excluding hydrogens is 261 g/mol. The lowest BCUT2D eigenvalue weighted by Gasteiger charge is -1.97. The highest BCUT2D eigenvalue weighted by molar-refractivity contribution is 9.10. The molecule has 0 aliphatic carbocycles. The molecule has 1 N–H and O–H groups in total. The summed E-state index contributed by atoms with van der Waals surface area (Å²) in [5.41, 5.74) is -0.0586. The maximum absolute atomic E-state index is 11.7. The number of alkyl halides is 3. The molecule has 0 bridgehead atoms. The van der Waals surface area contributed by atoms with Crippen LogP contribution in [0.25, 0.3) is 0 Å². The van der Waals surface area contributed by atoms with Crippen molar-refractivity contribution in [1.82, 2.24) is 0 Å². The number of phenols is 1. The van der Waals surface area contributed by atoms with E-state index in [0.29, 0.717) is 4.47 Å². The lowest BCUT2D eigenvalue weighted by Crippen LogP contribution is -2.01. The molecule has 0 aliphatic heterocycles. The Morgan fingerprint density at radius 3 is 2.50 bits per heavy atom. The fraction of sp³-hybridized carbons (Fsp3) is 0.111. The standard InChI is InChI=1S/C9H4BrF3O/c10-7-1-2-8(14)6(5-7)3-4-9(11,12)13/h1-2,5,14H. The van der Waals surface area contributed by atoms with Crippen molar-refractivity contribution < 1.29 is 18.3 Å². The fourth-order valence-corrected chi connectivity index (χ4v) is 1.11. The lowest BCUT2D eigenvalue weighted by atomic mass is 10.2. The highest BCUT2D eigenvalue weighted by atomic mass is 79.9. The normalized spacial score (nSPS) is 10.6. The molecule has 0 spiro atoms. The number of phenolic OH excluding ortho intramolecular Hbond substituents is 1. The van der Waals surface area contributed by atoms with E-state index >= 15 is 0 Å². The molecule has 0 fully saturated rings. The molecule has 0 aliphatic rings. The molecule has 0 aromatic heterocycles. The van der Waals surface area contributed by atoms with Gasteiger partial charge in [-0.3, -0.25) is 0 Å². The molecule has 14 heavy (non-hydrogen) atoms. The third kappa shape index (κ3) is 3.30. The molecule has 1 aromatic carbocycles. The van der Waals surface area contributed by atoms with Crippen LogP contribution in [0.1, 0.15) is 5.56 Å². The summed E-state index contributed by atoms with van der Waals surface area (Å²) in [5, 5.41) is 9.14. The largest absolute Gasteiger partial charge is 0.507 e. The van der Waals surface area contributed by atoms with E-state index in [2.05, 4.69) is 15.9 Å². The van der Waals surface area contributed by atoms with Gasteiger partial charge in [0.15, 0.2) is 0 Å². The molecule has 74 valence electrons. The van der Waals surface area contributed by atoms with Crippen LogP contribution in [0.4, 0.5) is 13.2 Å². The Morgan fingerprint density at radius 2 is 1.93 bits per heavy atom. The van der Waals surface area contributed by atoms with E-state index in [0.717, 1.165) is 5.92 Å². The van der Waals surface area contributed by atoms with Gasteiger partial charge in [0.1, 0.15) is 5.75 Å². The Morgan fingerprint density at radius 1 is 1.29 bits per heavy atom. The minimum atomic E-state index is -4.55. The van der Waals surface area contributed by atoms with Gasteiger partial charge in [-0.25, -0.2) is 0 Å². The molecule has 0 amide bonds. The fourth-order valence-electron chi connectivity index (χ4n) is 0.747. The first-order valence-corrected chi connectivity index (χ1v) is 4.26. The smallest absolute Gasteiger partial charge is 0.458 e. The predicted molar refractivity (Wildman–Crippen MR) is 48.7 cm³/mol. The number of aromatic hydroxyl groups is 1. The molecule has 1 rings (SSSR count). The van der Waals surface area contributed by atoms with Crippen molar-refractivity contribution in [2.24, 2.45) is 0 Å². The van der Waals surface area contributed by atoms with Gasteiger partial charge in [-0.2, -0.15) is 13.2 Å². The molecule has 0 radical (unpaired) electrons. The molecule has 1 aromatic rings. The van der Waals surface area contributed by atoms with E-state index in [1.807, 2.05) is 5.92 Å². The number of halogens is 4. The molecule has 5 heteroatoms. The first-order valence-electron chi connectivity index (χ1n) is 3.47. The molecule has 0 heterocycles. The van der Waals surface area contributed by atoms with Crippen LogP contribution in [0.5, 0.6) is 5.75 Å². The summed E-state index contributed by atoms with van der Waals surface area (Å²) in [4.78, 5) is 0. The average molecular weight is 265 g/mol. The van der Waals surface area contributed by atoms with E-state index in [4.69, 9.17) is 5.11 Å². The van der Waals surface area contributed by atoms with Gasteiger partial charge in [-0.15, -0.1) is 0 Å². The molecule has 0 saturated carbocycles. The predicted octanol–water partition coefficient (Wildman–Crippen LogP) is 3.07. The Bertz CT molecular complexity index is 401. The maximum Gasteiger partial charge on any atom is 0.458 e. The van der Waals surface area contributed by atoms with Crippen molar-refractivity contribution in [1.29, 1.82) is 0 Å². The average Bonchev–Trinajstić information content (AvgIpc) is 2.05. The monoisotopic (exact) mass is 264 g/mol. The van der Waals surface area contributed by atoms with Crippen molar-refractivity contribution in [2.75, 3.05) is 0 Å². The van der Waals surface area contributed by atoms with Crippen molar-refractivity contribution in [3.63, 3.8) is 0 Å². The zero-order valence-corrected chi connectivity index (χ0v) is 8.28. The van der Waals surface area contributed by atoms with E-state index in [9.17, 15) is 13.2 Å². The first-order chi connectivity index (χ1) is 6.38. The van der Waals surface area contributed by atoms with Gasteiger partial charge < -0.3 is 5.11 Å². The van der Waals surface area contributed by atoms with Gasteiger partial charge in [0.25, 0.3) is 0 Å². The third-order valence-electron chi connectivity index (χ3n) is 1.30. The molecule has 0 saturated heterocycles. The van der Waals surface area contributed by atoms with Crippen molar-refractivity contribution in [2.45, 2.75) is 6.18 Å². The first kappa shape index (κ1) is 10.9. The van der Waals surface area contributed by atoms with Crippen molar-refractivity contribution in [3.05, 3.63) is 28.2 Å². The summed E-state index contributed by atoms with van der Waals surface area (Å²) in [6.45, 7) is 0. The summed E-state index contributed by atoms with van der Waals surface area (Å²) >= 11 is 3.06. The van der Waals surface area contributed by atoms with Crippen LogP contribution in [0.15, 0.2) is 22.7 Å². The quantitative estimate of drug-likeness (QED) is 0.715. The summed E-state index contributed by atoms with van der Waals surface area (Å²) in [6, 6.07) is 4.09. The summed E-state index contributed by atoms with van der Waals surface area (Å²) in [5.74, 6) is 2.64.